The molecule has 0 unspecified atom stereocenters. The molecule has 1 heterocycles. The van der Waals surface area contributed by atoms with E-state index in [1.807, 2.05) is 4.90 Å². The van der Waals surface area contributed by atoms with E-state index in [2.05, 4.69) is 12.2 Å². The van der Waals surface area contributed by atoms with Crippen LogP contribution in [0.2, 0.25) is 0 Å². The summed E-state index contributed by atoms with van der Waals surface area (Å²) >= 11 is 0. The first-order chi connectivity index (χ1) is 3.43. The molecular weight excluding hydrogens is 74.1 g/mol. The number of rotatable bonds is 0. The lowest BCUT2D eigenvalue weighted by Crippen LogP contribution is -2.11. The van der Waals surface area contributed by atoms with Crippen molar-refractivity contribution in [1.82, 2.24) is 4.90 Å². The molecule has 0 radical (unpaired) electrons. The third-order valence-corrected chi connectivity index (χ3v) is 0.894. The first kappa shape index (κ1) is 2.80. The van der Waals surface area contributed by atoms with Gasteiger partial charge in [-0.05, 0) is 7.02 Å². The molecule has 0 saturated heterocycles. The van der Waals surface area contributed by atoms with Crippen molar-refractivity contribution in [2.75, 3.05) is 20.1 Å². The second kappa shape index (κ2) is 1.43. The maximum Gasteiger partial charge on any atom is 0.0394 e. The van der Waals surface area contributed by atoms with Crippen LogP contribution in [0.1, 0.15) is 1.37 Å². The Balaban J connectivity index is 2.22. The van der Waals surface area contributed by atoms with Crippen molar-refractivity contribution in [3.8, 4) is 0 Å². The minimum absolute atomic E-state index is 0.438. The van der Waals surface area contributed by atoms with E-state index >= 15 is 0 Å². The summed E-state index contributed by atoms with van der Waals surface area (Å²) in [5, 5.41) is 0. The van der Waals surface area contributed by atoms with Crippen LogP contribution < -0.4 is 0 Å². The lowest BCUT2D eigenvalue weighted by atomic mass is 10.6. The van der Waals surface area contributed by atoms with Crippen molar-refractivity contribution in [2.24, 2.45) is 0 Å². The second-order valence-electron chi connectivity index (χ2n) is 1.51. The van der Waals surface area contributed by atoms with E-state index in [4.69, 9.17) is 1.37 Å². The summed E-state index contributed by atoms with van der Waals surface area (Å²) in [5.41, 5.74) is 0. The minimum atomic E-state index is 0.438. The molecule has 6 heavy (non-hydrogen) atoms. The highest BCUT2D eigenvalue weighted by molar-refractivity contribution is 4.93. The quantitative estimate of drug-likeness (QED) is 0.387. The zero-order chi connectivity index (χ0) is 5.11. The number of hydrogen-bond acceptors (Lipinski definition) is 1. The van der Waals surface area contributed by atoms with Crippen molar-refractivity contribution in [3.63, 3.8) is 0 Å². The molecule has 0 aliphatic carbocycles. The van der Waals surface area contributed by atoms with Crippen LogP contribution in [0.5, 0.6) is 0 Å². The average Bonchev–Trinajstić information content (AvgIpc) is 2.14. The van der Waals surface area contributed by atoms with Crippen LogP contribution in [-0.4, -0.2) is 25.0 Å². The van der Waals surface area contributed by atoms with Crippen LogP contribution in [0.15, 0.2) is 12.2 Å². The van der Waals surface area contributed by atoms with Gasteiger partial charge >= 0.3 is 0 Å². The standard InChI is InChI=1S/C5H9N/c1-6-4-2-3-5-6/h2-3H,4-5H2,1H3/i1T. The molecule has 1 nitrogen and oxygen atoms in total. The normalized spacial score (nSPS) is 25.0. The zero-order valence-electron chi connectivity index (χ0n) is 4.72. The van der Waals surface area contributed by atoms with Gasteiger partial charge in [0.25, 0.3) is 0 Å². The summed E-state index contributed by atoms with van der Waals surface area (Å²) in [4.78, 5) is 2.04. The fraction of sp³-hybridized carbons (Fsp3) is 0.600. The highest BCUT2D eigenvalue weighted by Crippen LogP contribution is 1.91. The Hall–Kier alpha value is -0.300. The Morgan fingerprint density at radius 3 is 2.67 bits per heavy atom. The Labute approximate surface area is 39.7 Å². The van der Waals surface area contributed by atoms with Gasteiger partial charge in [0.05, 0.1) is 0 Å². The van der Waals surface area contributed by atoms with Crippen LogP contribution >= 0.6 is 0 Å². The highest BCUT2D eigenvalue weighted by atomic mass is 15.1. The molecule has 1 aliphatic heterocycles. The Morgan fingerprint density at radius 2 is 2.33 bits per heavy atom. The summed E-state index contributed by atoms with van der Waals surface area (Å²) in [6.45, 7) is 1.95. The molecule has 0 aromatic rings. The van der Waals surface area contributed by atoms with Gasteiger partial charge in [-0.25, -0.2) is 0 Å². The number of likely N-dealkylation sites (N-methyl/N-ethyl adjacent to an activating group) is 1. The van der Waals surface area contributed by atoms with E-state index in [1.165, 1.54) is 0 Å². The van der Waals surface area contributed by atoms with E-state index in [1.54, 1.807) is 0 Å². The first-order valence-electron chi connectivity index (χ1n) is 2.81. The van der Waals surface area contributed by atoms with Gasteiger partial charge in [-0.3, -0.25) is 4.90 Å². The van der Waals surface area contributed by atoms with Crippen molar-refractivity contribution in [1.29, 1.82) is 0 Å². The predicted octanol–water partition coefficient (Wildman–Crippen LogP) is 0.488. The number of nitrogens with zero attached hydrogens (tertiary/aromatic N) is 1. The van der Waals surface area contributed by atoms with Crippen molar-refractivity contribution in [2.45, 2.75) is 0 Å². The molecular formula is C5H9N. The van der Waals surface area contributed by atoms with E-state index in [9.17, 15) is 0 Å². The van der Waals surface area contributed by atoms with Gasteiger partial charge in [0.1, 0.15) is 0 Å². The molecule has 1 aliphatic rings. The molecule has 1 rings (SSSR count). The summed E-state index contributed by atoms with van der Waals surface area (Å²) in [6, 6.07) is 0. The smallest absolute Gasteiger partial charge is 0.0394 e. The fourth-order valence-electron chi connectivity index (χ4n) is 0.522. The number of hydrogen-bond donors (Lipinski definition) is 0. The maximum absolute atomic E-state index is 6.89. The van der Waals surface area contributed by atoms with E-state index in [0.717, 1.165) is 13.1 Å². The lowest BCUT2D eigenvalue weighted by Gasteiger charge is -2.01. The van der Waals surface area contributed by atoms with Crippen LogP contribution in [0.4, 0.5) is 0 Å². The van der Waals surface area contributed by atoms with E-state index in [0.29, 0.717) is 7.02 Å². The molecule has 0 atom stereocenters. The monoisotopic (exact) mass is 85.1 g/mol. The molecule has 1 heteroatoms. The van der Waals surface area contributed by atoms with Crippen LogP contribution in [0.3, 0.4) is 0 Å². The van der Waals surface area contributed by atoms with E-state index in [-0.39, 0.29) is 0 Å². The van der Waals surface area contributed by atoms with Gasteiger partial charge in [-0.15, -0.1) is 0 Å². The van der Waals surface area contributed by atoms with Gasteiger partial charge in [0.2, 0.25) is 0 Å². The third kappa shape index (κ3) is 0.601. The highest BCUT2D eigenvalue weighted by Gasteiger charge is 1.94. The predicted molar refractivity (Wildman–Crippen MR) is 26.6 cm³/mol. The van der Waals surface area contributed by atoms with Crippen LogP contribution in [-0.2, 0) is 0 Å². The van der Waals surface area contributed by atoms with Gasteiger partial charge in [-0.2, -0.15) is 0 Å². The summed E-state index contributed by atoms with van der Waals surface area (Å²) in [7, 11) is 0.438. The fourth-order valence-corrected chi connectivity index (χ4v) is 0.522. The lowest BCUT2D eigenvalue weighted by molar-refractivity contribution is 0.435. The first-order valence-corrected chi connectivity index (χ1v) is 2.10. The van der Waals surface area contributed by atoms with Gasteiger partial charge in [0, 0.05) is 14.5 Å². The Bertz CT molecular complexity index is 72.1. The zero-order valence-corrected chi connectivity index (χ0v) is 3.72. The van der Waals surface area contributed by atoms with Gasteiger partial charge in [-0.1, -0.05) is 12.2 Å². The summed E-state index contributed by atoms with van der Waals surface area (Å²) < 4.78 is 6.89. The largest absolute Gasteiger partial charge is 0.299 e. The molecule has 0 N–H and O–H groups in total. The second-order valence-corrected chi connectivity index (χ2v) is 1.51. The molecule has 0 fully saturated rings. The van der Waals surface area contributed by atoms with Crippen molar-refractivity contribution >= 4 is 0 Å². The topological polar surface area (TPSA) is 3.24 Å². The van der Waals surface area contributed by atoms with Crippen molar-refractivity contribution < 1.29 is 1.37 Å². The Morgan fingerprint density at radius 1 is 1.67 bits per heavy atom. The minimum Gasteiger partial charge on any atom is -0.299 e. The molecule has 0 spiro atoms. The molecule has 0 amide bonds. The van der Waals surface area contributed by atoms with Gasteiger partial charge < -0.3 is 0 Å². The van der Waals surface area contributed by atoms with Gasteiger partial charge in [0.15, 0.2) is 0 Å². The SMILES string of the molecule is [3H]CN1CC=CC1. The third-order valence-electron chi connectivity index (χ3n) is 0.894. The Kier molecular flexibility index (Phi) is 0.670. The summed E-state index contributed by atoms with van der Waals surface area (Å²) in [5.74, 6) is 0. The molecule has 34 valence electrons. The summed E-state index contributed by atoms with van der Waals surface area (Å²) in [6.07, 6.45) is 4.18. The maximum atomic E-state index is 6.89. The molecule has 0 aromatic carbocycles. The van der Waals surface area contributed by atoms with E-state index < -0.39 is 0 Å². The molecule has 0 saturated carbocycles. The van der Waals surface area contributed by atoms with Crippen LogP contribution in [0.25, 0.3) is 0 Å². The molecule has 0 aromatic heterocycles. The molecule has 0 bridgehead atoms. The average molecular weight is 85.1 g/mol. The van der Waals surface area contributed by atoms with Crippen LogP contribution in [0, 0.1) is 0 Å². The van der Waals surface area contributed by atoms with Crippen molar-refractivity contribution in [3.05, 3.63) is 12.2 Å².